The Morgan fingerprint density at radius 1 is 0.850 bits per heavy atom. The first kappa shape index (κ1) is 31.7. The van der Waals surface area contributed by atoms with Crippen LogP contribution in [0.3, 0.4) is 0 Å². The van der Waals surface area contributed by atoms with Crippen molar-refractivity contribution >= 4 is 46.5 Å². The van der Waals surface area contributed by atoms with Crippen molar-refractivity contribution in [2.45, 2.75) is 62.7 Å². The maximum Gasteiger partial charge on any atom is 0.326 e. The third-order valence-electron chi connectivity index (χ3n) is 6.06. The Labute approximate surface area is 229 Å². The van der Waals surface area contributed by atoms with E-state index in [0.29, 0.717) is 24.9 Å². The zero-order valence-corrected chi connectivity index (χ0v) is 21.7. The summed E-state index contributed by atoms with van der Waals surface area (Å²) in [6, 6.07) is 1.66. The van der Waals surface area contributed by atoms with E-state index in [1.54, 1.807) is 12.3 Å². The topological polar surface area (TPSA) is 273 Å². The summed E-state index contributed by atoms with van der Waals surface area (Å²) in [6.45, 7) is 0.302. The lowest BCUT2D eigenvalue weighted by molar-refractivity contribution is -0.147. The highest BCUT2D eigenvalue weighted by atomic mass is 16.4. The van der Waals surface area contributed by atoms with E-state index in [9.17, 15) is 33.9 Å². The van der Waals surface area contributed by atoms with E-state index in [1.165, 1.54) is 0 Å². The normalized spacial score (nSPS) is 13.9. The molecule has 15 heteroatoms. The van der Waals surface area contributed by atoms with Gasteiger partial charge in [0, 0.05) is 23.5 Å². The molecule has 4 atom stereocenters. The number of hydrogen-bond acceptors (Lipinski definition) is 8. The van der Waals surface area contributed by atoms with Crippen LogP contribution in [0.4, 0.5) is 0 Å². The largest absolute Gasteiger partial charge is 0.481 e. The molecule has 0 fully saturated rings. The van der Waals surface area contributed by atoms with Crippen molar-refractivity contribution in [1.82, 2.24) is 20.9 Å². The smallest absolute Gasteiger partial charge is 0.326 e. The number of primary amides is 1. The van der Waals surface area contributed by atoms with Gasteiger partial charge in [0.25, 0.3) is 0 Å². The fraction of sp³-hybridized carbons (Fsp3) is 0.440. The number of hydrogen-bond donors (Lipinski definition) is 9. The second-order valence-corrected chi connectivity index (χ2v) is 9.24. The predicted octanol–water partition coefficient (Wildman–Crippen LogP) is -1.94. The van der Waals surface area contributed by atoms with Gasteiger partial charge in [0.15, 0.2) is 0 Å². The summed E-state index contributed by atoms with van der Waals surface area (Å²) in [5, 5.41) is 26.2. The number of para-hydroxylation sites is 1. The van der Waals surface area contributed by atoms with Gasteiger partial charge in [-0.25, -0.2) is 4.79 Å². The van der Waals surface area contributed by atoms with Crippen LogP contribution in [0.15, 0.2) is 30.5 Å². The molecular weight excluding hydrogens is 526 g/mol. The molecule has 218 valence electrons. The van der Waals surface area contributed by atoms with Crippen LogP contribution in [0, 0.1) is 0 Å². The molecule has 0 aliphatic heterocycles. The Morgan fingerprint density at radius 2 is 1.48 bits per heavy atom. The van der Waals surface area contributed by atoms with Gasteiger partial charge in [0.1, 0.15) is 18.1 Å². The monoisotopic (exact) mass is 561 g/mol. The van der Waals surface area contributed by atoms with E-state index in [4.69, 9.17) is 22.3 Å². The highest BCUT2D eigenvalue weighted by molar-refractivity contribution is 5.96. The lowest BCUT2D eigenvalue weighted by Gasteiger charge is -2.25. The number of amides is 4. The second-order valence-electron chi connectivity index (χ2n) is 9.24. The number of unbranched alkanes of at least 4 members (excludes halogenated alkanes) is 1. The molecule has 1 aromatic heterocycles. The molecule has 0 radical (unpaired) electrons. The van der Waals surface area contributed by atoms with E-state index >= 15 is 0 Å². The van der Waals surface area contributed by atoms with Gasteiger partial charge in [-0.2, -0.15) is 0 Å². The first-order valence-electron chi connectivity index (χ1n) is 12.6. The molecule has 2 rings (SSSR count). The first-order chi connectivity index (χ1) is 18.9. The standard InChI is InChI=1S/C25H35N7O8/c26-8-4-3-7-17(23(37)32-19(25(39)40)11-21(34)35)30-24(38)18(31-22(36)15(27)10-20(28)33)9-13-12-29-16-6-2-1-5-14(13)16/h1-2,5-6,12,15,17-19,29H,3-4,7-11,26-27H2,(H2,28,33)(H,30,38)(H,31,36)(H,32,37)(H,34,35)(H,39,40). The summed E-state index contributed by atoms with van der Waals surface area (Å²) in [6.07, 6.45) is 1.24. The number of rotatable bonds is 17. The zero-order chi connectivity index (χ0) is 29.8. The summed E-state index contributed by atoms with van der Waals surface area (Å²) in [5.74, 6) is -6.34. The number of aromatic nitrogens is 1. The van der Waals surface area contributed by atoms with Crippen LogP contribution in [-0.4, -0.2) is 81.5 Å². The van der Waals surface area contributed by atoms with Gasteiger partial charge in [0.05, 0.1) is 18.9 Å². The van der Waals surface area contributed by atoms with Crippen LogP contribution in [-0.2, 0) is 35.2 Å². The highest BCUT2D eigenvalue weighted by Crippen LogP contribution is 2.19. The number of nitrogens with one attached hydrogen (secondary N) is 4. The lowest BCUT2D eigenvalue weighted by atomic mass is 10.0. The molecule has 1 heterocycles. The molecule has 40 heavy (non-hydrogen) atoms. The number of H-pyrrole nitrogens is 1. The fourth-order valence-corrected chi connectivity index (χ4v) is 4.00. The van der Waals surface area contributed by atoms with Gasteiger partial charge in [0.2, 0.25) is 23.6 Å². The summed E-state index contributed by atoms with van der Waals surface area (Å²) < 4.78 is 0. The molecule has 0 aliphatic rings. The second kappa shape index (κ2) is 15.2. The minimum absolute atomic E-state index is 0.0290. The van der Waals surface area contributed by atoms with Gasteiger partial charge >= 0.3 is 11.9 Å². The van der Waals surface area contributed by atoms with Gasteiger partial charge in [-0.3, -0.25) is 24.0 Å². The van der Waals surface area contributed by atoms with Crippen LogP contribution >= 0.6 is 0 Å². The molecule has 0 saturated carbocycles. The van der Waals surface area contributed by atoms with E-state index in [-0.39, 0.29) is 12.8 Å². The van der Waals surface area contributed by atoms with Crippen molar-refractivity contribution in [2.24, 2.45) is 17.2 Å². The summed E-state index contributed by atoms with van der Waals surface area (Å²) in [4.78, 5) is 75.9. The Balaban J connectivity index is 2.31. The third-order valence-corrected chi connectivity index (χ3v) is 6.06. The molecular formula is C25H35N7O8. The summed E-state index contributed by atoms with van der Waals surface area (Å²) in [7, 11) is 0. The summed E-state index contributed by atoms with van der Waals surface area (Å²) >= 11 is 0. The molecule has 0 saturated heterocycles. The number of fused-ring (bicyclic) bond motifs is 1. The number of carbonyl (C=O) groups is 6. The maximum atomic E-state index is 13.4. The maximum absolute atomic E-state index is 13.4. The Hall–Kier alpha value is -4.50. The molecule has 15 nitrogen and oxygen atoms in total. The number of carbonyl (C=O) groups excluding carboxylic acids is 4. The highest BCUT2D eigenvalue weighted by Gasteiger charge is 2.31. The summed E-state index contributed by atoms with van der Waals surface area (Å²) in [5.41, 5.74) is 17.9. The van der Waals surface area contributed by atoms with Crippen molar-refractivity contribution in [1.29, 1.82) is 0 Å². The molecule has 0 spiro atoms. The SMILES string of the molecule is NCCCCC(NC(=O)C(Cc1c[nH]c2ccccc12)NC(=O)C(N)CC(N)=O)C(=O)NC(CC(=O)O)C(=O)O. The third kappa shape index (κ3) is 9.67. The Bertz CT molecular complexity index is 1230. The van der Waals surface area contributed by atoms with E-state index in [1.807, 2.05) is 18.2 Å². The predicted molar refractivity (Wildman–Crippen MR) is 142 cm³/mol. The van der Waals surface area contributed by atoms with E-state index in [2.05, 4.69) is 20.9 Å². The number of nitrogens with two attached hydrogens (primary N) is 3. The molecule has 12 N–H and O–H groups in total. The van der Waals surface area contributed by atoms with Gasteiger partial charge in [-0.05, 0) is 37.4 Å². The number of benzene rings is 1. The van der Waals surface area contributed by atoms with Crippen LogP contribution in [0.25, 0.3) is 10.9 Å². The quantitative estimate of drug-likeness (QED) is 0.0963. The fourth-order valence-electron chi connectivity index (χ4n) is 4.00. The van der Waals surface area contributed by atoms with Crippen molar-refractivity contribution in [3.05, 3.63) is 36.0 Å². The number of aromatic amines is 1. The zero-order valence-electron chi connectivity index (χ0n) is 21.7. The first-order valence-corrected chi connectivity index (χ1v) is 12.6. The van der Waals surface area contributed by atoms with Crippen molar-refractivity contribution in [2.75, 3.05) is 6.54 Å². The lowest BCUT2D eigenvalue weighted by Crippen LogP contribution is -2.58. The average molecular weight is 562 g/mol. The molecule has 1 aromatic carbocycles. The minimum Gasteiger partial charge on any atom is -0.481 e. The molecule has 0 aliphatic carbocycles. The number of carboxylic acid groups (broad SMARTS) is 2. The molecule has 2 aromatic rings. The van der Waals surface area contributed by atoms with Crippen molar-refractivity contribution in [3.8, 4) is 0 Å². The Morgan fingerprint density at radius 3 is 2.10 bits per heavy atom. The van der Waals surface area contributed by atoms with Crippen molar-refractivity contribution < 1.29 is 39.0 Å². The van der Waals surface area contributed by atoms with Gasteiger partial charge in [-0.15, -0.1) is 0 Å². The average Bonchev–Trinajstić information content (AvgIpc) is 3.29. The molecule has 0 bridgehead atoms. The van der Waals surface area contributed by atoms with Crippen LogP contribution in [0.2, 0.25) is 0 Å². The van der Waals surface area contributed by atoms with Gasteiger partial charge in [-0.1, -0.05) is 18.2 Å². The van der Waals surface area contributed by atoms with Crippen LogP contribution < -0.4 is 33.2 Å². The number of carboxylic acids is 2. The van der Waals surface area contributed by atoms with Gasteiger partial charge < -0.3 is 48.3 Å². The Kier molecular flexibility index (Phi) is 12.0. The molecule has 4 amide bonds. The van der Waals surface area contributed by atoms with Crippen molar-refractivity contribution in [3.63, 3.8) is 0 Å². The van der Waals surface area contributed by atoms with E-state index in [0.717, 1.165) is 10.9 Å². The van der Waals surface area contributed by atoms with E-state index < -0.39 is 72.6 Å². The number of aliphatic carboxylic acids is 2. The molecule has 4 unspecified atom stereocenters. The minimum atomic E-state index is -1.73. The van der Waals surface area contributed by atoms with Crippen LogP contribution in [0.1, 0.15) is 37.7 Å². The van der Waals surface area contributed by atoms with Crippen LogP contribution in [0.5, 0.6) is 0 Å².